The Hall–Kier alpha value is -1.34. The van der Waals surface area contributed by atoms with E-state index in [1.807, 2.05) is 48.7 Å². The highest BCUT2D eigenvalue weighted by Crippen LogP contribution is 2.47. The molecule has 0 radical (unpaired) electrons. The summed E-state index contributed by atoms with van der Waals surface area (Å²) in [6.45, 7) is 4.16. The first-order chi connectivity index (χ1) is 10.9. The second kappa shape index (κ2) is 7.97. The van der Waals surface area contributed by atoms with Gasteiger partial charge in [0.2, 0.25) is 0 Å². The van der Waals surface area contributed by atoms with Crippen molar-refractivity contribution in [1.82, 2.24) is 4.72 Å². The molecule has 0 aliphatic rings. The molecular formula is C17H23NO3S2. The predicted molar refractivity (Wildman–Crippen MR) is 97.0 cm³/mol. The van der Waals surface area contributed by atoms with Crippen molar-refractivity contribution in [2.75, 3.05) is 12.9 Å². The Balaban J connectivity index is 2.18. The van der Waals surface area contributed by atoms with Crippen LogP contribution in [0.1, 0.15) is 29.8 Å². The normalized spacial score (nSPS) is 16.3. The molecule has 2 rings (SSSR count). The Labute approximate surface area is 143 Å². The van der Waals surface area contributed by atoms with Crippen molar-refractivity contribution in [3.63, 3.8) is 0 Å². The summed E-state index contributed by atoms with van der Waals surface area (Å²) in [5.74, 6) is -0.266. The SMILES string of the molecule is CCOC(=O)C[C@H](NS(C)(O)c1ccc(C)cc1)c1cccs1. The van der Waals surface area contributed by atoms with Crippen LogP contribution in [0.3, 0.4) is 0 Å². The molecule has 126 valence electrons. The smallest absolute Gasteiger partial charge is 0.307 e. The number of ether oxygens (including phenoxy) is 1. The van der Waals surface area contributed by atoms with Gasteiger partial charge in [-0.3, -0.25) is 4.79 Å². The van der Waals surface area contributed by atoms with Gasteiger partial charge in [0.1, 0.15) is 0 Å². The number of hydrogen-bond donors (Lipinski definition) is 2. The molecule has 1 aromatic carbocycles. The molecule has 0 aliphatic carbocycles. The van der Waals surface area contributed by atoms with Crippen LogP contribution in [0.2, 0.25) is 0 Å². The van der Waals surface area contributed by atoms with Gasteiger partial charge in [-0.25, -0.2) is 4.72 Å². The first-order valence-electron chi connectivity index (χ1n) is 7.46. The number of rotatable bonds is 7. The second-order valence-corrected chi connectivity index (χ2v) is 8.82. The Kier molecular flexibility index (Phi) is 6.24. The van der Waals surface area contributed by atoms with Gasteiger partial charge < -0.3 is 9.29 Å². The summed E-state index contributed by atoms with van der Waals surface area (Å²) in [5.41, 5.74) is 1.14. The molecule has 2 N–H and O–H groups in total. The number of carbonyl (C=O) groups is 1. The summed E-state index contributed by atoms with van der Waals surface area (Å²) in [7, 11) is -2.21. The van der Waals surface area contributed by atoms with E-state index in [0.717, 1.165) is 15.3 Å². The second-order valence-electron chi connectivity index (χ2n) is 5.38. The highest BCUT2D eigenvalue weighted by molar-refractivity contribution is 8.27. The Morgan fingerprint density at radius 2 is 2.04 bits per heavy atom. The lowest BCUT2D eigenvalue weighted by Gasteiger charge is -2.34. The van der Waals surface area contributed by atoms with Gasteiger partial charge in [-0.15, -0.1) is 11.3 Å². The zero-order valence-electron chi connectivity index (χ0n) is 13.6. The van der Waals surface area contributed by atoms with Crippen LogP contribution < -0.4 is 4.72 Å². The molecule has 6 heteroatoms. The molecule has 2 aromatic rings. The summed E-state index contributed by atoms with van der Waals surface area (Å²) in [5, 5.41) is 1.96. The van der Waals surface area contributed by atoms with E-state index in [0.29, 0.717) is 6.61 Å². The van der Waals surface area contributed by atoms with Crippen LogP contribution in [0.15, 0.2) is 46.7 Å². The number of aryl methyl sites for hydroxylation is 1. The number of hydrogen-bond acceptors (Lipinski definition) is 5. The third kappa shape index (κ3) is 5.07. The molecule has 0 aliphatic heterocycles. The van der Waals surface area contributed by atoms with Crippen LogP contribution in [0, 0.1) is 6.92 Å². The molecule has 0 fully saturated rings. The van der Waals surface area contributed by atoms with Gasteiger partial charge >= 0.3 is 5.97 Å². The van der Waals surface area contributed by atoms with Crippen LogP contribution in [0.25, 0.3) is 0 Å². The van der Waals surface area contributed by atoms with Gasteiger partial charge in [-0.05, 0) is 37.4 Å². The number of carbonyl (C=O) groups excluding carboxylic acids is 1. The maximum Gasteiger partial charge on any atom is 0.307 e. The molecule has 0 bridgehead atoms. The lowest BCUT2D eigenvalue weighted by atomic mass is 10.2. The fourth-order valence-corrected chi connectivity index (χ4v) is 4.64. The van der Waals surface area contributed by atoms with Gasteiger partial charge in [0.05, 0.1) is 19.1 Å². The fraction of sp³-hybridized carbons (Fsp3) is 0.353. The largest absolute Gasteiger partial charge is 0.466 e. The minimum Gasteiger partial charge on any atom is -0.466 e. The summed E-state index contributed by atoms with van der Waals surface area (Å²) in [6, 6.07) is 11.4. The predicted octanol–water partition coefficient (Wildman–Crippen LogP) is 4.52. The van der Waals surface area contributed by atoms with E-state index in [1.165, 1.54) is 0 Å². The van der Waals surface area contributed by atoms with E-state index in [4.69, 9.17) is 4.74 Å². The molecule has 1 unspecified atom stereocenters. The molecule has 0 spiro atoms. The van der Waals surface area contributed by atoms with Gasteiger partial charge in [-0.2, -0.15) is 0 Å². The zero-order valence-corrected chi connectivity index (χ0v) is 15.2. The van der Waals surface area contributed by atoms with Crippen molar-refractivity contribution in [3.05, 3.63) is 52.2 Å². The van der Waals surface area contributed by atoms with Gasteiger partial charge in [-0.1, -0.05) is 34.3 Å². The lowest BCUT2D eigenvalue weighted by Crippen LogP contribution is -2.27. The van der Waals surface area contributed by atoms with Crippen LogP contribution >= 0.6 is 21.8 Å². The maximum atomic E-state index is 11.9. The molecular weight excluding hydrogens is 330 g/mol. The Bertz CT molecular complexity index is 624. The highest BCUT2D eigenvalue weighted by atomic mass is 32.3. The van der Waals surface area contributed by atoms with E-state index >= 15 is 0 Å². The van der Waals surface area contributed by atoms with Crippen molar-refractivity contribution >= 4 is 27.8 Å². The number of thiophene rings is 1. The third-order valence-electron chi connectivity index (χ3n) is 3.41. The molecule has 0 saturated carbocycles. The Morgan fingerprint density at radius 3 is 2.61 bits per heavy atom. The van der Waals surface area contributed by atoms with Gasteiger partial charge in [0.15, 0.2) is 0 Å². The lowest BCUT2D eigenvalue weighted by molar-refractivity contribution is -0.143. The van der Waals surface area contributed by atoms with Crippen molar-refractivity contribution in [2.45, 2.75) is 31.2 Å². The third-order valence-corrected chi connectivity index (χ3v) is 6.33. The van der Waals surface area contributed by atoms with Gasteiger partial charge in [0, 0.05) is 16.0 Å². The topological polar surface area (TPSA) is 58.6 Å². The number of benzene rings is 1. The fourth-order valence-electron chi connectivity index (χ4n) is 2.22. The van der Waals surface area contributed by atoms with Crippen molar-refractivity contribution in [2.24, 2.45) is 0 Å². The molecule has 1 heterocycles. The maximum absolute atomic E-state index is 11.9. The van der Waals surface area contributed by atoms with E-state index in [1.54, 1.807) is 24.5 Å². The summed E-state index contributed by atoms with van der Waals surface area (Å²) >= 11 is 1.56. The minimum atomic E-state index is -2.21. The first kappa shape index (κ1) is 18.0. The number of esters is 1. The zero-order chi connectivity index (χ0) is 16.9. The van der Waals surface area contributed by atoms with Crippen molar-refractivity contribution in [1.29, 1.82) is 0 Å². The van der Waals surface area contributed by atoms with Crippen LogP contribution in [0.5, 0.6) is 0 Å². The van der Waals surface area contributed by atoms with Crippen LogP contribution in [0.4, 0.5) is 0 Å². The average Bonchev–Trinajstić information content (AvgIpc) is 3.01. The minimum absolute atomic E-state index is 0.198. The summed E-state index contributed by atoms with van der Waals surface area (Å²) in [4.78, 5) is 13.7. The van der Waals surface area contributed by atoms with E-state index in [9.17, 15) is 9.35 Å². The number of nitrogens with one attached hydrogen (secondary N) is 1. The van der Waals surface area contributed by atoms with Crippen LogP contribution in [-0.2, 0) is 9.53 Å². The van der Waals surface area contributed by atoms with Gasteiger partial charge in [0.25, 0.3) is 0 Å². The molecule has 1 aromatic heterocycles. The van der Waals surface area contributed by atoms with E-state index in [2.05, 4.69) is 4.72 Å². The van der Waals surface area contributed by atoms with Crippen molar-refractivity contribution < 1.29 is 14.1 Å². The molecule has 0 saturated heterocycles. The summed E-state index contributed by atoms with van der Waals surface area (Å²) < 4.78 is 19.2. The highest BCUT2D eigenvalue weighted by Gasteiger charge is 2.26. The molecule has 2 atom stereocenters. The van der Waals surface area contributed by atoms with E-state index < -0.39 is 10.5 Å². The quantitative estimate of drug-likeness (QED) is 0.719. The summed E-state index contributed by atoms with van der Waals surface area (Å²) in [6.07, 6.45) is 1.98. The molecule has 4 nitrogen and oxygen atoms in total. The monoisotopic (exact) mass is 353 g/mol. The van der Waals surface area contributed by atoms with Crippen molar-refractivity contribution in [3.8, 4) is 0 Å². The Morgan fingerprint density at radius 1 is 1.35 bits per heavy atom. The molecule has 0 amide bonds. The average molecular weight is 354 g/mol. The standard InChI is InChI=1S/C17H23NO3S2/c1-4-21-17(19)12-15(16-6-5-11-22-16)18-23(3,20)14-9-7-13(2)8-10-14/h5-11,15,18,20H,4,12H2,1-3H3/t15-/m0/s1. The van der Waals surface area contributed by atoms with Crippen LogP contribution in [-0.4, -0.2) is 23.4 Å². The van der Waals surface area contributed by atoms with E-state index in [-0.39, 0.29) is 18.4 Å². The first-order valence-corrected chi connectivity index (χ1v) is 10.3. The molecule has 23 heavy (non-hydrogen) atoms.